The minimum absolute atomic E-state index is 0.198. The van der Waals surface area contributed by atoms with Crippen molar-refractivity contribution in [1.82, 2.24) is 0 Å². The highest BCUT2D eigenvalue weighted by Gasteiger charge is 2.33. The molecule has 0 aromatic carbocycles. The number of hydrogen-bond donors (Lipinski definition) is 3. The highest BCUT2D eigenvalue weighted by molar-refractivity contribution is 4.84. The first-order valence-corrected chi connectivity index (χ1v) is 3.75. The molecule has 0 amide bonds. The molecule has 1 aliphatic rings. The van der Waals surface area contributed by atoms with Crippen molar-refractivity contribution in [2.75, 3.05) is 19.8 Å². The van der Waals surface area contributed by atoms with E-state index in [2.05, 4.69) is 0 Å². The summed E-state index contributed by atoms with van der Waals surface area (Å²) in [4.78, 5) is 0. The van der Waals surface area contributed by atoms with Crippen molar-refractivity contribution in [2.45, 2.75) is 24.5 Å². The van der Waals surface area contributed by atoms with Crippen molar-refractivity contribution in [3.8, 4) is 0 Å². The Morgan fingerprint density at radius 1 is 1.55 bits per heavy atom. The van der Waals surface area contributed by atoms with Gasteiger partial charge in [-0.3, -0.25) is 0 Å². The Kier molecular flexibility index (Phi) is 2.84. The first-order valence-electron chi connectivity index (χ1n) is 3.75. The van der Waals surface area contributed by atoms with Crippen LogP contribution in [0.3, 0.4) is 0 Å². The molecule has 1 aliphatic heterocycles. The van der Waals surface area contributed by atoms with Crippen LogP contribution in [0.1, 0.15) is 12.8 Å². The summed E-state index contributed by atoms with van der Waals surface area (Å²) >= 11 is 0. The molecule has 1 fully saturated rings. The summed E-state index contributed by atoms with van der Waals surface area (Å²) < 4.78 is 4.96. The summed E-state index contributed by atoms with van der Waals surface area (Å²) in [5.74, 6) is 0. The molecule has 4 nitrogen and oxygen atoms in total. The standard InChI is InChI=1S/C7H14O4/c8-4-6(9)3-7(10)1-2-11-5-7/h6,8-10H,1-5H2. The van der Waals surface area contributed by atoms with E-state index >= 15 is 0 Å². The van der Waals surface area contributed by atoms with Crippen LogP contribution in [0.2, 0.25) is 0 Å². The molecule has 2 atom stereocenters. The van der Waals surface area contributed by atoms with Crippen LogP contribution in [0.4, 0.5) is 0 Å². The molecule has 4 heteroatoms. The second-order valence-corrected chi connectivity index (χ2v) is 3.07. The molecule has 11 heavy (non-hydrogen) atoms. The maximum absolute atomic E-state index is 9.60. The summed E-state index contributed by atoms with van der Waals surface area (Å²) in [7, 11) is 0. The zero-order valence-corrected chi connectivity index (χ0v) is 6.36. The van der Waals surface area contributed by atoms with Crippen LogP contribution in [0, 0.1) is 0 Å². The molecule has 2 unspecified atom stereocenters. The van der Waals surface area contributed by atoms with Gasteiger partial charge >= 0.3 is 0 Å². The van der Waals surface area contributed by atoms with Crippen LogP contribution in [-0.2, 0) is 4.74 Å². The van der Waals surface area contributed by atoms with E-state index in [-0.39, 0.29) is 19.6 Å². The number of hydrogen-bond acceptors (Lipinski definition) is 4. The van der Waals surface area contributed by atoms with Gasteiger partial charge in [0.05, 0.1) is 24.9 Å². The fourth-order valence-electron chi connectivity index (χ4n) is 1.26. The minimum Gasteiger partial charge on any atom is -0.394 e. The van der Waals surface area contributed by atoms with Gasteiger partial charge < -0.3 is 20.1 Å². The largest absolute Gasteiger partial charge is 0.394 e. The van der Waals surface area contributed by atoms with Crippen molar-refractivity contribution in [3.63, 3.8) is 0 Å². The lowest BCUT2D eigenvalue weighted by Gasteiger charge is -2.22. The Bertz CT molecular complexity index is 120. The summed E-state index contributed by atoms with van der Waals surface area (Å²) in [5.41, 5.74) is -0.915. The third-order valence-electron chi connectivity index (χ3n) is 1.91. The van der Waals surface area contributed by atoms with Gasteiger partial charge in [0.2, 0.25) is 0 Å². The Morgan fingerprint density at radius 3 is 2.73 bits per heavy atom. The van der Waals surface area contributed by atoms with E-state index in [0.717, 1.165) is 0 Å². The lowest BCUT2D eigenvalue weighted by molar-refractivity contribution is -0.0303. The molecule has 3 N–H and O–H groups in total. The molecule has 0 radical (unpaired) electrons. The summed E-state index contributed by atoms with van der Waals surface area (Å²) in [6.07, 6.45) is -0.0881. The maximum Gasteiger partial charge on any atom is 0.0927 e. The number of aliphatic hydroxyl groups is 3. The second kappa shape index (κ2) is 3.49. The molecule has 0 spiro atoms. The first-order chi connectivity index (χ1) is 5.16. The average Bonchev–Trinajstić information content (AvgIpc) is 2.36. The van der Waals surface area contributed by atoms with Gasteiger partial charge in [-0.2, -0.15) is 0 Å². The van der Waals surface area contributed by atoms with Gasteiger partial charge in [0.25, 0.3) is 0 Å². The molecule has 1 saturated heterocycles. The SMILES string of the molecule is OCC(O)CC1(O)CCOC1. The second-order valence-electron chi connectivity index (χ2n) is 3.07. The van der Waals surface area contributed by atoms with E-state index in [1.165, 1.54) is 0 Å². The van der Waals surface area contributed by atoms with Crippen molar-refractivity contribution >= 4 is 0 Å². The molecule has 1 heterocycles. The van der Waals surface area contributed by atoms with Crippen LogP contribution in [0.15, 0.2) is 0 Å². The van der Waals surface area contributed by atoms with Crippen molar-refractivity contribution in [3.05, 3.63) is 0 Å². The molecular formula is C7H14O4. The van der Waals surface area contributed by atoms with Gasteiger partial charge in [-0.15, -0.1) is 0 Å². The summed E-state index contributed by atoms with van der Waals surface area (Å²) in [6, 6.07) is 0. The predicted molar refractivity (Wildman–Crippen MR) is 38.1 cm³/mol. The van der Waals surface area contributed by atoms with E-state index in [1.807, 2.05) is 0 Å². The third kappa shape index (κ3) is 2.41. The van der Waals surface area contributed by atoms with E-state index < -0.39 is 11.7 Å². The lowest BCUT2D eigenvalue weighted by atomic mass is 9.96. The Morgan fingerprint density at radius 2 is 2.27 bits per heavy atom. The normalized spacial score (nSPS) is 34.1. The van der Waals surface area contributed by atoms with Gasteiger partial charge in [0.1, 0.15) is 0 Å². The van der Waals surface area contributed by atoms with E-state index in [1.54, 1.807) is 0 Å². The molecular weight excluding hydrogens is 148 g/mol. The van der Waals surface area contributed by atoms with E-state index in [4.69, 9.17) is 14.9 Å². The Labute approximate surface area is 65.4 Å². The molecule has 0 bridgehead atoms. The molecule has 0 aromatic heterocycles. The van der Waals surface area contributed by atoms with Crippen LogP contribution in [-0.4, -0.2) is 46.8 Å². The predicted octanol–water partition coefficient (Wildman–Crippen LogP) is -1.12. The van der Waals surface area contributed by atoms with Gasteiger partial charge in [-0.1, -0.05) is 0 Å². The minimum atomic E-state index is -0.915. The number of aliphatic hydroxyl groups excluding tert-OH is 2. The highest BCUT2D eigenvalue weighted by Crippen LogP contribution is 2.23. The maximum atomic E-state index is 9.60. The topological polar surface area (TPSA) is 69.9 Å². The van der Waals surface area contributed by atoms with Gasteiger partial charge in [0, 0.05) is 19.4 Å². The summed E-state index contributed by atoms with van der Waals surface area (Å²) in [5, 5.41) is 27.1. The highest BCUT2D eigenvalue weighted by atomic mass is 16.5. The van der Waals surface area contributed by atoms with Gasteiger partial charge in [-0.05, 0) is 0 Å². The van der Waals surface area contributed by atoms with Crippen LogP contribution in [0.5, 0.6) is 0 Å². The van der Waals surface area contributed by atoms with Gasteiger partial charge in [-0.25, -0.2) is 0 Å². The average molecular weight is 162 g/mol. The smallest absolute Gasteiger partial charge is 0.0927 e. The fraction of sp³-hybridized carbons (Fsp3) is 1.00. The van der Waals surface area contributed by atoms with E-state index in [9.17, 15) is 5.11 Å². The zero-order chi connectivity index (χ0) is 8.32. The molecule has 1 rings (SSSR count). The first kappa shape index (κ1) is 8.93. The molecule has 0 saturated carbocycles. The van der Waals surface area contributed by atoms with Crippen LogP contribution < -0.4 is 0 Å². The Hall–Kier alpha value is -0.160. The van der Waals surface area contributed by atoms with Crippen molar-refractivity contribution < 1.29 is 20.1 Å². The molecule has 66 valence electrons. The lowest BCUT2D eigenvalue weighted by Crippen LogP contribution is -2.35. The fourth-order valence-corrected chi connectivity index (χ4v) is 1.26. The molecule has 0 aromatic rings. The van der Waals surface area contributed by atoms with Crippen LogP contribution >= 0.6 is 0 Å². The zero-order valence-electron chi connectivity index (χ0n) is 6.36. The van der Waals surface area contributed by atoms with Crippen molar-refractivity contribution in [2.24, 2.45) is 0 Å². The number of rotatable bonds is 3. The van der Waals surface area contributed by atoms with Crippen LogP contribution in [0.25, 0.3) is 0 Å². The quantitative estimate of drug-likeness (QED) is 0.491. The Balaban J connectivity index is 2.33. The van der Waals surface area contributed by atoms with Crippen molar-refractivity contribution in [1.29, 1.82) is 0 Å². The summed E-state index contributed by atoms with van der Waals surface area (Å²) in [6.45, 7) is 0.501. The number of ether oxygens (including phenoxy) is 1. The third-order valence-corrected chi connectivity index (χ3v) is 1.91. The van der Waals surface area contributed by atoms with E-state index in [0.29, 0.717) is 13.0 Å². The monoisotopic (exact) mass is 162 g/mol. The molecule has 0 aliphatic carbocycles. The van der Waals surface area contributed by atoms with Gasteiger partial charge in [0.15, 0.2) is 0 Å².